The summed E-state index contributed by atoms with van der Waals surface area (Å²) in [5.41, 5.74) is 2.36. The molecule has 0 aliphatic carbocycles. The van der Waals surface area contributed by atoms with Crippen molar-refractivity contribution in [3.8, 4) is 0 Å². The van der Waals surface area contributed by atoms with Crippen molar-refractivity contribution in [2.75, 3.05) is 13.1 Å². The highest BCUT2D eigenvalue weighted by atomic mass is 35.5. The first-order valence-electron chi connectivity index (χ1n) is 6.98. The maximum Gasteiger partial charge on any atom is 0.144 e. The molecule has 0 spiro atoms. The molecule has 0 bridgehead atoms. The van der Waals surface area contributed by atoms with E-state index in [1.165, 1.54) is 12.0 Å². The fourth-order valence-corrected chi connectivity index (χ4v) is 3.09. The van der Waals surface area contributed by atoms with E-state index in [1.807, 2.05) is 6.92 Å². The van der Waals surface area contributed by atoms with Gasteiger partial charge in [-0.1, -0.05) is 41.9 Å². The van der Waals surface area contributed by atoms with E-state index in [4.69, 9.17) is 11.6 Å². The third-order valence-electron chi connectivity index (χ3n) is 3.78. The number of benzene rings is 1. The highest BCUT2D eigenvalue weighted by molar-refractivity contribution is 6.29. The van der Waals surface area contributed by atoms with Crippen LogP contribution in [0, 0.1) is 6.92 Å². The highest BCUT2D eigenvalue weighted by Gasteiger charge is 2.24. The summed E-state index contributed by atoms with van der Waals surface area (Å²) < 4.78 is 0. The number of hydrogen-bond donors (Lipinski definition) is 0. The lowest BCUT2D eigenvalue weighted by Crippen LogP contribution is -2.21. The van der Waals surface area contributed by atoms with E-state index in [0.717, 1.165) is 31.2 Å². The zero-order chi connectivity index (χ0) is 13.9. The van der Waals surface area contributed by atoms with Gasteiger partial charge in [0.05, 0.1) is 6.54 Å². The van der Waals surface area contributed by atoms with Crippen molar-refractivity contribution in [1.29, 1.82) is 0 Å². The molecule has 1 aromatic heterocycles. The molecule has 1 atom stereocenters. The molecule has 1 aliphatic heterocycles. The fourth-order valence-electron chi connectivity index (χ4n) is 2.83. The molecule has 1 saturated heterocycles. The number of rotatable bonds is 3. The molecule has 4 heteroatoms. The Balaban J connectivity index is 1.66. The van der Waals surface area contributed by atoms with Gasteiger partial charge in [0, 0.05) is 12.2 Å². The third kappa shape index (κ3) is 3.17. The SMILES string of the molecule is Cc1cc(Cl)nc(CN2CCC(c3ccccc3)C2)n1. The van der Waals surface area contributed by atoms with Crippen LogP contribution in [0.4, 0.5) is 0 Å². The van der Waals surface area contributed by atoms with Crippen LogP contribution in [0.15, 0.2) is 36.4 Å². The van der Waals surface area contributed by atoms with Gasteiger partial charge >= 0.3 is 0 Å². The van der Waals surface area contributed by atoms with E-state index in [2.05, 4.69) is 45.2 Å². The maximum atomic E-state index is 5.99. The average molecular weight is 288 g/mol. The largest absolute Gasteiger partial charge is 0.295 e. The van der Waals surface area contributed by atoms with Crippen LogP contribution >= 0.6 is 11.6 Å². The lowest BCUT2D eigenvalue weighted by atomic mass is 9.99. The second-order valence-corrected chi connectivity index (χ2v) is 5.77. The Morgan fingerprint density at radius 2 is 2.05 bits per heavy atom. The molecule has 1 fully saturated rings. The van der Waals surface area contributed by atoms with Gasteiger partial charge in [0.25, 0.3) is 0 Å². The maximum absolute atomic E-state index is 5.99. The molecular weight excluding hydrogens is 270 g/mol. The number of aromatic nitrogens is 2. The van der Waals surface area contributed by atoms with E-state index in [9.17, 15) is 0 Å². The first kappa shape index (κ1) is 13.5. The van der Waals surface area contributed by atoms with Crippen molar-refractivity contribution in [2.45, 2.75) is 25.8 Å². The molecule has 104 valence electrons. The summed E-state index contributed by atoms with van der Waals surface area (Å²) >= 11 is 5.99. The van der Waals surface area contributed by atoms with Gasteiger partial charge in [0.2, 0.25) is 0 Å². The van der Waals surface area contributed by atoms with Gasteiger partial charge in [-0.25, -0.2) is 9.97 Å². The van der Waals surface area contributed by atoms with Crippen molar-refractivity contribution in [1.82, 2.24) is 14.9 Å². The van der Waals surface area contributed by atoms with Crippen molar-refractivity contribution in [2.24, 2.45) is 0 Å². The summed E-state index contributed by atoms with van der Waals surface area (Å²) in [7, 11) is 0. The number of likely N-dealkylation sites (tertiary alicyclic amines) is 1. The second kappa shape index (κ2) is 5.90. The zero-order valence-corrected chi connectivity index (χ0v) is 12.3. The molecule has 3 nitrogen and oxygen atoms in total. The molecule has 2 aromatic rings. The highest BCUT2D eigenvalue weighted by Crippen LogP contribution is 2.27. The second-order valence-electron chi connectivity index (χ2n) is 5.38. The van der Waals surface area contributed by atoms with Crippen LogP contribution in [0.2, 0.25) is 5.15 Å². The Labute approximate surface area is 124 Å². The summed E-state index contributed by atoms with van der Waals surface area (Å²) in [4.78, 5) is 11.2. The van der Waals surface area contributed by atoms with Crippen LogP contribution in [-0.2, 0) is 6.54 Å². The molecule has 1 aliphatic rings. The summed E-state index contributed by atoms with van der Waals surface area (Å²) in [6.07, 6.45) is 1.20. The van der Waals surface area contributed by atoms with E-state index in [0.29, 0.717) is 11.1 Å². The van der Waals surface area contributed by atoms with Crippen molar-refractivity contribution in [3.05, 3.63) is 58.6 Å². The van der Waals surface area contributed by atoms with Gasteiger partial charge in [-0.3, -0.25) is 4.90 Å². The summed E-state index contributed by atoms with van der Waals surface area (Å²) in [5, 5.41) is 0.534. The molecular formula is C16H18ClN3. The number of aryl methyl sites for hydroxylation is 1. The summed E-state index contributed by atoms with van der Waals surface area (Å²) in [5.74, 6) is 1.44. The normalized spacial score (nSPS) is 19.4. The summed E-state index contributed by atoms with van der Waals surface area (Å²) in [6, 6.07) is 12.5. The molecule has 1 unspecified atom stereocenters. The van der Waals surface area contributed by atoms with Crippen LogP contribution in [-0.4, -0.2) is 28.0 Å². The minimum absolute atomic E-state index is 0.534. The lowest BCUT2D eigenvalue weighted by Gasteiger charge is -2.15. The Bertz CT molecular complexity index is 565. The first-order valence-corrected chi connectivity index (χ1v) is 7.36. The smallest absolute Gasteiger partial charge is 0.144 e. The Morgan fingerprint density at radius 3 is 2.80 bits per heavy atom. The number of halogens is 1. The van der Waals surface area contributed by atoms with Crippen LogP contribution in [0.5, 0.6) is 0 Å². The van der Waals surface area contributed by atoms with Gasteiger partial charge in [-0.05, 0) is 37.4 Å². The van der Waals surface area contributed by atoms with Crippen LogP contribution < -0.4 is 0 Å². The van der Waals surface area contributed by atoms with Gasteiger partial charge in [0.15, 0.2) is 0 Å². The minimum atomic E-state index is 0.534. The van der Waals surface area contributed by atoms with Gasteiger partial charge in [0.1, 0.15) is 11.0 Å². The van der Waals surface area contributed by atoms with E-state index < -0.39 is 0 Å². The quantitative estimate of drug-likeness (QED) is 0.810. The molecule has 3 rings (SSSR count). The number of hydrogen-bond acceptors (Lipinski definition) is 3. The average Bonchev–Trinajstić information content (AvgIpc) is 2.87. The van der Waals surface area contributed by atoms with Crippen LogP contribution in [0.25, 0.3) is 0 Å². The first-order chi connectivity index (χ1) is 9.70. The Kier molecular flexibility index (Phi) is 3.99. The zero-order valence-electron chi connectivity index (χ0n) is 11.6. The van der Waals surface area contributed by atoms with E-state index in [-0.39, 0.29) is 0 Å². The molecule has 20 heavy (non-hydrogen) atoms. The minimum Gasteiger partial charge on any atom is -0.295 e. The molecule has 2 heterocycles. The molecule has 0 saturated carbocycles. The van der Waals surface area contributed by atoms with Gasteiger partial charge in [-0.15, -0.1) is 0 Å². The van der Waals surface area contributed by atoms with Gasteiger partial charge in [-0.2, -0.15) is 0 Å². The Hall–Kier alpha value is -1.45. The van der Waals surface area contributed by atoms with Gasteiger partial charge < -0.3 is 0 Å². The predicted octanol–water partition coefficient (Wildman–Crippen LogP) is 3.43. The fraction of sp³-hybridized carbons (Fsp3) is 0.375. The van der Waals surface area contributed by atoms with Crippen molar-refractivity contribution >= 4 is 11.6 Å². The predicted molar refractivity (Wildman–Crippen MR) is 80.9 cm³/mol. The Morgan fingerprint density at radius 1 is 1.25 bits per heavy atom. The molecule has 0 radical (unpaired) electrons. The molecule has 1 aromatic carbocycles. The van der Waals surface area contributed by atoms with Crippen LogP contribution in [0.1, 0.15) is 29.4 Å². The standard InChI is InChI=1S/C16H18ClN3/c1-12-9-15(17)19-16(18-12)11-20-8-7-14(10-20)13-5-3-2-4-6-13/h2-6,9,14H,7-8,10-11H2,1H3. The van der Waals surface area contributed by atoms with Crippen molar-refractivity contribution < 1.29 is 0 Å². The van der Waals surface area contributed by atoms with E-state index >= 15 is 0 Å². The van der Waals surface area contributed by atoms with Crippen LogP contribution in [0.3, 0.4) is 0 Å². The monoisotopic (exact) mass is 287 g/mol. The number of nitrogens with zero attached hydrogens (tertiary/aromatic N) is 3. The third-order valence-corrected chi connectivity index (χ3v) is 3.97. The molecule has 0 amide bonds. The molecule has 0 N–H and O–H groups in total. The van der Waals surface area contributed by atoms with Crippen molar-refractivity contribution in [3.63, 3.8) is 0 Å². The summed E-state index contributed by atoms with van der Waals surface area (Å²) in [6.45, 7) is 4.89. The topological polar surface area (TPSA) is 29.0 Å². The lowest BCUT2D eigenvalue weighted by molar-refractivity contribution is 0.318. The van der Waals surface area contributed by atoms with E-state index in [1.54, 1.807) is 6.07 Å².